The number of halogens is 1. The Labute approximate surface area is 170 Å². The first-order valence-electron chi connectivity index (χ1n) is 8.60. The average molecular weight is 435 g/mol. The number of rotatable bonds is 3. The number of pyridine rings is 1. The molecule has 0 radical (unpaired) electrons. The second-order valence-corrected chi connectivity index (χ2v) is 7.21. The van der Waals surface area contributed by atoms with Crippen LogP contribution in [0.1, 0.15) is 17.2 Å². The van der Waals surface area contributed by atoms with E-state index in [9.17, 15) is 14.7 Å². The van der Waals surface area contributed by atoms with Gasteiger partial charge in [0.25, 0.3) is 11.7 Å². The van der Waals surface area contributed by atoms with E-state index >= 15 is 0 Å². The van der Waals surface area contributed by atoms with E-state index in [2.05, 4.69) is 20.9 Å². The molecule has 1 aliphatic heterocycles. The summed E-state index contributed by atoms with van der Waals surface area (Å²) >= 11 is 3.40. The topological polar surface area (TPSA) is 70.5 Å². The molecule has 5 nitrogen and oxygen atoms in total. The standard InChI is InChI=1S/C22H15BrN2O3/c23-16-10-8-14(9-11-16)19-18(20(26)15-5-2-1-3-6-15)21(27)22(28)25(19)17-7-4-12-24-13-17/h1-13,19,26H/b20-18+/t19-/m0/s1. The van der Waals surface area contributed by atoms with Crippen LogP contribution < -0.4 is 4.90 Å². The third kappa shape index (κ3) is 3.12. The molecule has 2 aromatic carbocycles. The molecule has 138 valence electrons. The van der Waals surface area contributed by atoms with Crippen LogP contribution in [-0.2, 0) is 9.59 Å². The van der Waals surface area contributed by atoms with E-state index in [0.717, 1.165) is 4.47 Å². The van der Waals surface area contributed by atoms with Crippen LogP contribution in [0.25, 0.3) is 5.76 Å². The lowest BCUT2D eigenvalue weighted by molar-refractivity contribution is -0.132. The van der Waals surface area contributed by atoms with Gasteiger partial charge in [-0.05, 0) is 29.8 Å². The smallest absolute Gasteiger partial charge is 0.300 e. The molecule has 0 unspecified atom stereocenters. The van der Waals surface area contributed by atoms with Gasteiger partial charge in [0.05, 0.1) is 23.5 Å². The average Bonchev–Trinajstić information content (AvgIpc) is 3.00. The quantitative estimate of drug-likeness (QED) is 0.375. The highest BCUT2D eigenvalue weighted by Gasteiger charge is 2.47. The zero-order valence-corrected chi connectivity index (χ0v) is 16.2. The molecule has 1 fully saturated rings. The summed E-state index contributed by atoms with van der Waals surface area (Å²) in [6.45, 7) is 0. The van der Waals surface area contributed by atoms with Crippen molar-refractivity contribution in [2.24, 2.45) is 0 Å². The maximum absolute atomic E-state index is 12.9. The SMILES string of the molecule is O=C1C(=O)N(c2cccnc2)[C@@H](c2ccc(Br)cc2)/C1=C(\O)c1ccccc1. The molecule has 1 saturated heterocycles. The second kappa shape index (κ2) is 7.40. The Morgan fingerprint density at radius 1 is 0.964 bits per heavy atom. The molecule has 1 aliphatic rings. The molecule has 28 heavy (non-hydrogen) atoms. The Morgan fingerprint density at radius 3 is 2.32 bits per heavy atom. The zero-order valence-electron chi connectivity index (χ0n) is 14.6. The first kappa shape index (κ1) is 18.1. The van der Waals surface area contributed by atoms with Crippen LogP contribution in [0.3, 0.4) is 0 Å². The van der Waals surface area contributed by atoms with Crippen LogP contribution in [-0.4, -0.2) is 21.8 Å². The number of ketones is 1. The highest BCUT2D eigenvalue weighted by Crippen LogP contribution is 2.42. The fourth-order valence-electron chi connectivity index (χ4n) is 3.31. The largest absolute Gasteiger partial charge is 0.507 e. The number of anilines is 1. The molecule has 0 saturated carbocycles. The number of hydrogen-bond donors (Lipinski definition) is 1. The first-order chi connectivity index (χ1) is 13.6. The van der Waals surface area contributed by atoms with Crippen molar-refractivity contribution in [3.05, 3.63) is 100 Å². The van der Waals surface area contributed by atoms with Crippen molar-refractivity contribution >= 4 is 39.1 Å². The van der Waals surface area contributed by atoms with Crippen LogP contribution >= 0.6 is 15.9 Å². The highest BCUT2D eigenvalue weighted by molar-refractivity contribution is 9.10. The molecule has 2 heterocycles. The summed E-state index contributed by atoms with van der Waals surface area (Å²) < 4.78 is 0.873. The van der Waals surface area contributed by atoms with Crippen LogP contribution in [0.4, 0.5) is 5.69 Å². The molecule has 0 spiro atoms. The minimum atomic E-state index is -0.752. The van der Waals surface area contributed by atoms with Crippen molar-refractivity contribution in [3.8, 4) is 0 Å². The van der Waals surface area contributed by atoms with Gasteiger partial charge >= 0.3 is 0 Å². The molecule has 1 atom stereocenters. The van der Waals surface area contributed by atoms with Crippen molar-refractivity contribution in [3.63, 3.8) is 0 Å². The number of carbonyl (C=O) groups is 2. The zero-order chi connectivity index (χ0) is 19.7. The van der Waals surface area contributed by atoms with Gasteiger partial charge in [0.2, 0.25) is 0 Å². The summed E-state index contributed by atoms with van der Waals surface area (Å²) in [4.78, 5) is 31.3. The maximum atomic E-state index is 12.9. The Bertz CT molecular complexity index is 1060. The third-order valence-corrected chi connectivity index (χ3v) is 5.13. The number of aliphatic hydroxyl groups is 1. The van der Waals surface area contributed by atoms with Gasteiger partial charge in [-0.1, -0.05) is 58.4 Å². The predicted molar refractivity (Wildman–Crippen MR) is 110 cm³/mol. The van der Waals surface area contributed by atoms with Crippen LogP contribution in [0.15, 0.2) is 89.2 Å². The van der Waals surface area contributed by atoms with Gasteiger partial charge in [-0.25, -0.2) is 0 Å². The van der Waals surface area contributed by atoms with Gasteiger partial charge in [0.1, 0.15) is 5.76 Å². The van der Waals surface area contributed by atoms with Gasteiger partial charge in [0.15, 0.2) is 0 Å². The molecule has 0 aliphatic carbocycles. The summed E-state index contributed by atoms with van der Waals surface area (Å²) in [5.74, 6) is -1.62. The molecule has 1 amide bonds. The van der Waals surface area contributed by atoms with Crippen molar-refractivity contribution in [1.82, 2.24) is 4.98 Å². The Hall–Kier alpha value is -3.25. The first-order valence-corrected chi connectivity index (χ1v) is 9.39. The monoisotopic (exact) mass is 434 g/mol. The second-order valence-electron chi connectivity index (χ2n) is 6.30. The Balaban J connectivity index is 1.95. The molecule has 1 N–H and O–H groups in total. The van der Waals surface area contributed by atoms with Gasteiger partial charge in [-0.15, -0.1) is 0 Å². The lowest BCUT2D eigenvalue weighted by Gasteiger charge is -2.25. The van der Waals surface area contributed by atoms with Crippen LogP contribution in [0.5, 0.6) is 0 Å². The minimum Gasteiger partial charge on any atom is -0.507 e. The van der Waals surface area contributed by atoms with Crippen molar-refractivity contribution in [1.29, 1.82) is 0 Å². The van der Waals surface area contributed by atoms with E-state index in [1.165, 1.54) is 11.1 Å². The molecule has 0 bridgehead atoms. The van der Waals surface area contributed by atoms with Crippen LogP contribution in [0.2, 0.25) is 0 Å². The molecular formula is C22H15BrN2O3. The number of nitrogens with zero attached hydrogens (tertiary/aromatic N) is 2. The summed E-state index contributed by atoms with van der Waals surface area (Å²) in [7, 11) is 0. The number of carbonyl (C=O) groups excluding carboxylic acids is 2. The highest BCUT2D eigenvalue weighted by atomic mass is 79.9. The molecule has 4 rings (SSSR count). The normalized spacial score (nSPS) is 18.5. The molecule has 3 aromatic rings. The van der Waals surface area contributed by atoms with Crippen molar-refractivity contribution in [2.45, 2.75) is 6.04 Å². The third-order valence-electron chi connectivity index (χ3n) is 4.60. The summed E-state index contributed by atoms with van der Waals surface area (Å²) in [6.07, 6.45) is 3.12. The molecule has 6 heteroatoms. The Morgan fingerprint density at radius 2 is 1.68 bits per heavy atom. The van der Waals surface area contributed by atoms with E-state index in [4.69, 9.17) is 0 Å². The fourth-order valence-corrected chi connectivity index (χ4v) is 3.57. The van der Waals surface area contributed by atoms with E-state index in [-0.39, 0.29) is 11.3 Å². The van der Waals surface area contributed by atoms with E-state index in [1.807, 2.05) is 30.3 Å². The number of Topliss-reactive ketones (excluding diaryl/α,β-unsaturated/α-hetero) is 1. The summed E-state index contributed by atoms with van der Waals surface area (Å²) in [5.41, 5.74) is 1.74. The van der Waals surface area contributed by atoms with Gasteiger partial charge < -0.3 is 5.11 Å². The number of benzene rings is 2. The lowest BCUT2D eigenvalue weighted by atomic mass is 9.95. The van der Waals surface area contributed by atoms with Crippen molar-refractivity contribution in [2.75, 3.05) is 4.90 Å². The molecule has 1 aromatic heterocycles. The van der Waals surface area contributed by atoms with Gasteiger partial charge in [-0.3, -0.25) is 19.5 Å². The number of hydrogen-bond acceptors (Lipinski definition) is 4. The number of aromatic nitrogens is 1. The van der Waals surface area contributed by atoms with Gasteiger partial charge in [-0.2, -0.15) is 0 Å². The summed E-state index contributed by atoms with van der Waals surface area (Å²) in [6, 6.07) is 18.7. The predicted octanol–water partition coefficient (Wildman–Crippen LogP) is 4.47. The van der Waals surface area contributed by atoms with Gasteiger partial charge in [0, 0.05) is 16.2 Å². The maximum Gasteiger partial charge on any atom is 0.300 e. The van der Waals surface area contributed by atoms with E-state index in [1.54, 1.807) is 42.6 Å². The summed E-state index contributed by atoms with van der Waals surface area (Å²) in [5, 5.41) is 10.9. The Kier molecular flexibility index (Phi) is 4.79. The fraction of sp³-hybridized carbons (Fsp3) is 0.0455. The number of amides is 1. The molecular weight excluding hydrogens is 420 g/mol. The number of aliphatic hydroxyl groups excluding tert-OH is 1. The van der Waals surface area contributed by atoms with E-state index < -0.39 is 17.7 Å². The minimum absolute atomic E-state index is 0.0578. The lowest BCUT2D eigenvalue weighted by Crippen LogP contribution is -2.29. The van der Waals surface area contributed by atoms with E-state index in [0.29, 0.717) is 16.8 Å². The van der Waals surface area contributed by atoms with Crippen molar-refractivity contribution < 1.29 is 14.7 Å². The van der Waals surface area contributed by atoms with Crippen LogP contribution in [0, 0.1) is 0 Å².